The number of halogens is 1. The predicted molar refractivity (Wildman–Crippen MR) is 127 cm³/mol. The third-order valence-electron chi connectivity index (χ3n) is 6.10. The standard InChI is InChI=1S/C24H27FN6O3/c25-14-22(32)31-9-12-34-19(16-31)15-28-24-23-21(26-5-6-27-23)13-20(29-24)17-1-3-18(4-2-17)30-7-10-33-11-8-30/h1-6,13,19H,7-12,14-16H2,(H,28,29). The van der Waals surface area contributed by atoms with Gasteiger partial charge in [0, 0.05) is 56.4 Å². The third kappa shape index (κ3) is 4.92. The first-order chi connectivity index (χ1) is 16.7. The van der Waals surface area contributed by atoms with Crippen LogP contribution < -0.4 is 10.2 Å². The first-order valence-electron chi connectivity index (χ1n) is 11.5. The second-order valence-electron chi connectivity index (χ2n) is 8.27. The minimum absolute atomic E-state index is 0.269. The van der Waals surface area contributed by atoms with Gasteiger partial charge in [0.2, 0.25) is 0 Å². The Hall–Kier alpha value is -3.37. The summed E-state index contributed by atoms with van der Waals surface area (Å²) < 4.78 is 24.0. The van der Waals surface area contributed by atoms with Gasteiger partial charge in [-0.1, -0.05) is 12.1 Å². The molecule has 2 fully saturated rings. The molecule has 2 saturated heterocycles. The highest BCUT2D eigenvalue weighted by molar-refractivity contribution is 5.88. The molecule has 1 atom stereocenters. The SMILES string of the molecule is O=C(CF)N1CCOC(CNc2nc(-c3ccc(N4CCOCC4)cc3)cc3nccnc23)C1. The molecule has 3 aromatic rings. The summed E-state index contributed by atoms with van der Waals surface area (Å²) >= 11 is 0. The molecule has 2 aliphatic rings. The summed E-state index contributed by atoms with van der Waals surface area (Å²) in [4.78, 5) is 29.3. The highest BCUT2D eigenvalue weighted by Crippen LogP contribution is 2.27. The van der Waals surface area contributed by atoms with Crippen LogP contribution in [0.3, 0.4) is 0 Å². The maximum Gasteiger partial charge on any atom is 0.254 e. The van der Waals surface area contributed by atoms with Gasteiger partial charge in [0.1, 0.15) is 5.52 Å². The van der Waals surface area contributed by atoms with Crippen LogP contribution in [0.25, 0.3) is 22.3 Å². The van der Waals surface area contributed by atoms with Crippen LogP contribution in [-0.2, 0) is 14.3 Å². The van der Waals surface area contributed by atoms with E-state index < -0.39 is 12.6 Å². The maximum atomic E-state index is 12.8. The zero-order valence-corrected chi connectivity index (χ0v) is 18.8. The van der Waals surface area contributed by atoms with Crippen molar-refractivity contribution in [2.24, 2.45) is 0 Å². The van der Waals surface area contributed by atoms with Gasteiger partial charge < -0.3 is 24.6 Å². The number of amides is 1. The molecule has 10 heteroatoms. The van der Waals surface area contributed by atoms with Gasteiger partial charge in [0.05, 0.1) is 37.1 Å². The van der Waals surface area contributed by atoms with Crippen molar-refractivity contribution in [3.63, 3.8) is 0 Å². The molecular weight excluding hydrogens is 439 g/mol. The summed E-state index contributed by atoms with van der Waals surface area (Å²) in [7, 11) is 0. The van der Waals surface area contributed by atoms with Gasteiger partial charge in [0.25, 0.3) is 5.91 Å². The van der Waals surface area contributed by atoms with E-state index in [1.807, 2.05) is 6.07 Å². The normalized spacial score (nSPS) is 18.8. The van der Waals surface area contributed by atoms with Crippen LogP contribution in [0.2, 0.25) is 0 Å². The second kappa shape index (κ2) is 10.3. The molecule has 9 nitrogen and oxygen atoms in total. The first-order valence-corrected chi connectivity index (χ1v) is 11.5. The van der Waals surface area contributed by atoms with Crippen molar-refractivity contribution < 1.29 is 18.7 Å². The fourth-order valence-corrected chi connectivity index (χ4v) is 4.27. The number of morpholine rings is 2. The van der Waals surface area contributed by atoms with E-state index in [0.717, 1.165) is 48.8 Å². The molecule has 4 heterocycles. The van der Waals surface area contributed by atoms with Crippen molar-refractivity contribution in [3.05, 3.63) is 42.7 Å². The Kier molecular flexibility index (Phi) is 6.77. The number of ether oxygens (including phenoxy) is 2. The minimum Gasteiger partial charge on any atom is -0.378 e. The summed E-state index contributed by atoms with van der Waals surface area (Å²) in [5, 5.41) is 3.32. The smallest absolute Gasteiger partial charge is 0.254 e. The Morgan fingerprint density at radius 1 is 1.09 bits per heavy atom. The molecule has 0 saturated carbocycles. The molecule has 2 aromatic heterocycles. The Morgan fingerprint density at radius 2 is 1.88 bits per heavy atom. The van der Waals surface area contributed by atoms with Crippen LogP contribution in [0.1, 0.15) is 0 Å². The Morgan fingerprint density at radius 3 is 2.68 bits per heavy atom. The largest absolute Gasteiger partial charge is 0.378 e. The number of hydrogen-bond donors (Lipinski definition) is 1. The van der Waals surface area contributed by atoms with Gasteiger partial charge in [-0.2, -0.15) is 0 Å². The topological polar surface area (TPSA) is 92.7 Å². The molecule has 0 spiro atoms. The first kappa shape index (κ1) is 22.4. The summed E-state index contributed by atoms with van der Waals surface area (Å²) in [5.41, 5.74) is 4.30. The number of hydrogen-bond acceptors (Lipinski definition) is 8. The maximum absolute atomic E-state index is 12.8. The van der Waals surface area contributed by atoms with Crippen molar-refractivity contribution in [3.8, 4) is 11.3 Å². The van der Waals surface area contributed by atoms with Crippen molar-refractivity contribution in [1.29, 1.82) is 0 Å². The van der Waals surface area contributed by atoms with E-state index in [1.165, 1.54) is 4.90 Å². The number of fused-ring (bicyclic) bond motifs is 1. The van der Waals surface area contributed by atoms with Gasteiger partial charge in [-0.3, -0.25) is 9.78 Å². The van der Waals surface area contributed by atoms with Crippen molar-refractivity contribution in [1.82, 2.24) is 19.9 Å². The molecule has 1 amide bonds. The van der Waals surface area contributed by atoms with Crippen molar-refractivity contribution in [2.45, 2.75) is 6.10 Å². The molecule has 5 rings (SSSR count). The number of nitrogens with zero attached hydrogens (tertiary/aromatic N) is 5. The summed E-state index contributed by atoms with van der Waals surface area (Å²) in [6, 6.07) is 10.2. The number of rotatable bonds is 6. The van der Waals surface area contributed by atoms with Gasteiger partial charge in [-0.15, -0.1) is 0 Å². The van der Waals surface area contributed by atoms with Gasteiger partial charge in [-0.05, 0) is 18.2 Å². The van der Waals surface area contributed by atoms with E-state index >= 15 is 0 Å². The van der Waals surface area contributed by atoms with Crippen LogP contribution in [-0.4, -0.2) is 91.1 Å². The van der Waals surface area contributed by atoms with E-state index in [9.17, 15) is 9.18 Å². The average molecular weight is 467 g/mol. The van der Waals surface area contributed by atoms with Crippen LogP contribution in [0, 0.1) is 0 Å². The number of carbonyl (C=O) groups excluding carboxylic acids is 1. The van der Waals surface area contributed by atoms with Crippen LogP contribution in [0.15, 0.2) is 42.7 Å². The summed E-state index contributed by atoms with van der Waals surface area (Å²) in [6.45, 7) is 3.79. The van der Waals surface area contributed by atoms with Crippen molar-refractivity contribution in [2.75, 3.05) is 69.4 Å². The lowest BCUT2D eigenvalue weighted by Crippen LogP contribution is -2.48. The number of alkyl halides is 1. The van der Waals surface area contributed by atoms with E-state index in [2.05, 4.69) is 44.5 Å². The predicted octanol–water partition coefficient (Wildman–Crippen LogP) is 2.14. The lowest BCUT2D eigenvalue weighted by atomic mass is 10.1. The Balaban J connectivity index is 1.36. The monoisotopic (exact) mass is 466 g/mol. The molecule has 178 valence electrons. The zero-order chi connectivity index (χ0) is 23.3. The fraction of sp³-hybridized carbons (Fsp3) is 0.417. The molecular formula is C24H27FN6O3. The fourth-order valence-electron chi connectivity index (χ4n) is 4.27. The molecule has 0 aliphatic carbocycles. The summed E-state index contributed by atoms with van der Waals surface area (Å²) in [6.07, 6.45) is 3.02. The Bertz CT molecular complexity index is 1140. The highest BCUT2D eigenvalue weighted by Gasteiger charge is 2.24. The number of pyridine rings is 1. The lowest BCUT2D eigenvalue weighted by Gasteiger charge is -2.32. The average Bonchev–Trinajstić information content (AvgIpc) is 2.92. The van der Waals surface area contributed by atoms with Gasteiger partial charge in [0.15, 0.2) is 12.5 Å². The summed E-state index contributed by atoms with van der Waals surface area (Å²) in [5.74, 6) is 0.0839. The van der Waals surface area contributed by atoms with E-state index in [0.29, 0.717) is 37.6 Å². The highest BCUT2D eigenvalue weighted by atomic mass is 19.1. The van der Waals surface area contributed by atoms with Crippen molar-refractivity contribution >= 4 is 28.4 Å². The molecule has 0 bridgehead atoms. The number of aromatic nitrogens is 3. The Labute approximate surface area is 196 Å². The molecule has 1 aromatic carbocycles. The molecule has 1 N–H and O–H groups in total. The van der Waals surface area contributed by atoms with Crippen LogP contribution in [0.5, 0.6) is 0 Å². The third-order valence-corrected chi connectivity index (χ3v) is 6.10. The minimum atomic E-state index is -0.992. The number of carbonyl (C=O) groups is 1. The van der Waals surface area contributed by atoms with Crippen LogP contribution >= 0.6 is 0 Å². The molecule has 2 aliphatic heterocycles. The van der Waals surface area contributed by atoms with Gasteiger partial charge >= 0.3 is 0 Å². The van der Waals surface area contributed by atoms with E-state index in [-0.39, 0.29) is 6.10 Å². The van der Waals surface area contributed by atoms with E-state index in [1.54, 1.807) is 12.4 Å². The molecule has 0 radical (unpaired) electrons. The lowest BCUT2D eigenvalue weighted by molar-refractivity contribution is -0.139. The number of nitrogens with one attached hydrogen (secondary N) is 1. The second-order valence-corrected chi connectivity index (χ2v) is 8.27. The number of benzene rings is 1. The molecule has 1 unspecified atom stereocenters. The molecule has 34 heavy (non-hydrogen) atoms. The van der Waals surface area contributed by atoms with Gasteiger partial charge in [-0.25, -0.2) is 14.4 Å². The quantitative estimate of drug-likeness (QED) is 0.591. The van der Waals surface area contributed by atoms with E-state index in [4.69, 9.17) is 14.5 Å². The van der Waals surface area contributed by atoms with Crippen LogP contribution in [0.4, 0.5) is 15.9 Å². The number of anilines is 2. The zero-order valence-electron chi connectivity index (χ0n) is 18.8.